The minimum absolute atomic E-state index is 0.0282. The van der Waals surface area contributed by atoms with Crippen LogP contribution in [0.2, 0.25) is 0 Å². The van der Waals surface area contributed by atoms with E-state index in [9.17, 15) is 9.59 Å². The van der Waals surface area contributed by atoms with Gasteiger partial charge in [0, 0.05) is 13.7 Å². The number of hydrogen-bond donors (Lipinski definition) is 0. The number of ether oxygens (including phenoxy) is 1. The number of aryl methyl sites for hydroxylation is 1. The Balaban J connectivity index is 1.69. The van der Waals surface area contributed by atoms with Gasteiger partial charge < -0.3 is 19.1 Å². The molecule has 1 aromatic heterocycles. The van der Waals surface area contributed by atoms with Gasteiger partial charge in [-0.05, 0) is 14.0 Å². The van der Waals surface area contributed by atoms with Crippen molar-refractivity contribution in [2.24, 2.45) is 0 Å². The molecule has 9 nitrogen and oxygen atoms in total. The van der Waals surface area contributed by atoms with Crippen LogP contribution in [-0.2, 0) is 27.4 Å². The second kappa shape index (κ2) is 6.25. The number of methoxy groups -OCH3 is 1. The molecule has 1 unspecified atom stereocenters. The van der Waals surface area contributed by atoms with Crippen molar-refractivity contribution in [1.29, 1.82) is 0 Å². The third-order valence-electron chi connectivity index (χ3n) is 4.47. The molecule has 23 heavy (non-hydrogen) atoms. The summed E-state index contributed by atoms with van der Waals surface area (Å²) < 4.78 is 6.98. The van der Waals surface area contributed by atoms with Crippen LogP contribution in [-0.4, -0.2) is 87.8 Å². The summed E-state index contributed by atoms with van der Waals surface area (Å²) in [7, 11) is 3.50. The van der Waals surface area contributed by atoms with Crippen LogP contribution in [0, 0.1) is 6.92 Å². The Labute approximate surface area is 134 Å². The van der Waals surface area contributed by atoms with Gasteiger partial charge in [0.15, 0.2) is 0 Å². The maximum absolute atomic E-state index is 12.8. The number of carbonyl (C=O) groups is 2. The average Bonchev–Trinajstić information content (AvgIpc) is 3.07. The molecule has 1 aromatic rings. The van der Waals surface area contributed by atoms with Gasteiger partial charge in [-0.25, -0.2) is 0 Å². The molecule has 9 heteroatoms. The minimum atomic E-state index is -0.299. The zero-order chi connectivity index (χ0) is 16.6. The average molecular weight is 322 g/mol. The topological polar surface area (TPSA) is 83.8 Å². The van der Waals surface area contributed by atoms with Gasteiger partial charge in [0.25, 0.3) is 0 Å². The maximum atomic E-state index is 12.8. The minimum Gasteiger partial charge on any atom is -0.383 e. The van der Waals surface area contributed by atoms with Crippen LogP contribution in [0.3, 0.4) is 0 Å². The second-order valence-electron chi connectivity index (χ2n) is 6.03. The number of carbonyl (C=O) groups excluding carboxylic acids is 2. The number of amides is 2. The van der Waals surface area contributed by atoms with Crippen molar-refractivity contribution < 1.29 is 14.3 Å². The number of likely N-dealkylation sites (N-methyl/N-ethyl adjacent to an activating group) is 1. The zero-order valence-electron chi connectivity index (χ0n) is 13.7. The lowest BCUT2D eigenvalue weighted by Crippen LogP contribution is -2.51. The Morgan fingerprint density at radius 1 is 1.35 bits per heavy atom. The van der Waals surface area contributed by atoms with E-state index in [0.29, 0.717) is 32.9 Å². The predicted octanol–water partition coefficient (Wildman–Crippen LogP) is -1.32. The predicted molar refractivity (Wildman–Crippen MR) is 80.2 cm³/mol. The largest absolute Gasteiger partial charge is 0.383 e. The first-order valence-electron chi connectivity index (χ1n) is 7.65. The van der Waals surface area contributed by atoms with E-state index in [0.717, 1.165) is 11.6 Å². The van der Waals surface area contributed by atoms with Gasteiger partial charge in [0.2, 0.25) is 11.8 Å². The Bertz CT molecular complexity index is 616. The van der Waals surface area contributed by atoms with Crippen LogP contribution in [0.1, 0.15) is 11.6 Å². The van der Waals surface area contributed by atoms with Crippen molar-refractivity contribution in [3.05, 3.63) is 11.6 Å². The molecular formula is C14H22N6O3. The van der Waals surface area contributed by atoms with Crippen LogP contribution in [0.15, 0.2) is 0 Å². The van der Waals surface area contributed by atoms with E-state index < -0.39 is 0 Å². The lowest BCUT2D eigenvalue weighted by molar-refractivity contribution is -0.138. The van der Waals surface area contributed by atoms with E-state index in [1.165, 1.54) is 0 Å². The monoisotopic (exact) mass is 322 g/mol. The number of rotatable bonds is 4. The molecule has 1 saturated heterocycles. The standard InChI is InChI=1S/C14H22N6O3/c1-10-15-16-12-7-17(2)11(6-20(10)12)14(22)19-8-13(21)18(9-19)4-5-23-3/h11H,4-9H2,1-3H3. The van der Waals surface area contributed by atoms with E-state index in [1.807, 2.05) is 23.4 Å². The molecule has 1 atom stereocenters. The highest BCUT2D eigenvalue weighted by Crippen LogP contribution is 2.19. The van der Waals surface area contributed by atoms with Crippen molar-refractivity contribution in [2.75, 3.05) is 40.5 Å². The van der Waals surface area contributed by atoms with Crippen LogP contribution >= 0.6 is 0 Å². The van der Waals surface area contributed by atoms with Gasteiger partial charge in [-0.2, -0.15) is 0 Å². The normalized spacial score (nSPS) is 21.9. The number of fused-ring (bicyclic) bond motifs is 1. The molecule has 0 aliphatic carbocycles. The number of aromatic nitrogens is 3. The summed E-state index contributed by atoms with van der Waals surface area (Å²) in [4.78, 5) is 30.1. The fraction of sp³-hybridized carbons (Fsp3) is 0.714. The van der Waals surface area contributed by atoms with E-state index in [-0.39, 0.29) is 24.4 Å². The summed E-state index contributed by atoms with van der Waals surface area (Å²) in [5.74, 6) is 1.62. The molecule has 3 heterocycles. The highest BCUT2D eigenvalue weighted by molar-refractivity contribution is 5.90. The molecule has 0 spiro atoms. The second-order valence-corrected chi connectivity index (χ2v) is 6.03. The molecule has 0 radical (unpaired) electrons. The summed E-state index contributed by atoms with van der Waals surface area (Å²) in [6.45, 7) is 4.43. The summed E-state index contributed by atoms with van der Waals surface area (Å²) in [6.07, 6.45) is 0. The molecule has 3 rings (SSSR count). The fourth-order valence-electron chi connectivity index (χ4n) is 3.04. The van der Waals surface area contributed by atoms with E-state index in [4.69, 9.17) is 4.74 Å². The summed E-state index contributed by atoms with van der Waals surface area (Å²) in [5, 5.41) is 8.19. The van der Waals surface area contributed by atoms with Gasteiger partial charge in [-0.15, -0.1) is 10.2 Å². The van der Waals surface area contributed by atoms with Crippen molar-refractivity contribution in [2.45, 2.75) is 26.1 Å². The van der Waals surface area contributed by atoms with E-state index >= 15 is 0 Å². The van der Waals surface area contributed by atoms with Gasteiger partial charge in [-0.3, -0.25) is 14.5 Å². The van der Waals surface area contributed by atoms with Gasteiger partial charge in [0.05, 0.1) is 26.4 Å². The first-order chi connectivity index (χ1) is 11.0. The van der Waals surface area contributed by atoms with Gasteiger partial charge in [0.1, 0.15) is 24.2 Å². The molecule has 1 fully saturated rings. The van der Waals surface area contributed by atoms with Crippen LogP contribution in [0.5, 0.6) is 0 Å². The Kier molecular flexibility index (Phi) is 4.31. The summed E-state index contributed by atoms with van der Waals surface area (Å²) >= 11 is 0. The molecule has 126 valence electrons. The van der Waals surface area contributed by atoms with Crippen molar-refractivity contribution in [3.8, 4) is 0 Å². The molecule has 0 bridgehead atoms. The molecule has 0 aromatic carbocycles. The first-order valence-corrected chi connectivity index (χ1v) is 7.65. The molecule has 2 aliphatic heterocycles. The van der Waals surface area contributed by atoms with E-state index in [1.54, 1.807) is 16.9 Å². The smallest absolute Gasteiger partial charge is 0.243 e. The summed E-state index contributed by atoms with van der Waals surface area (Å²) in [6, 6.07) is -0.299. The van der Waals surface area contributed by atoms with E-state index in [2.05, 4.69) is 10.2 Å². The third-order valence-corrected chi connectivity index (χ3v) is 4.47. The quantitative estimate of drug-likeness (QED) is 0.683. The van der Waals surface area contributed by atoms with Crippen LogP contribution in [0.25, 0.3) is 0 Å². The highest BCUT2D eigenvalue weighted by atomic mass is 16.5. The van der Waals surface area contributed by atoms with Gasteiger partial charge in [-0.1, -0.05) is 0 Å². The lowest BCUT2D eigenvalue weighted by atomic mass is 10.1. The lowest BCUT2D eigenvalue weighted by Gasteiger charge is -2.34. The van der Waals surface area contributed by atoms with Crippen LogP contribution < -0.4 is 0 Å². The molecule has 2 amide bonds. The Hall–Kier alpha value is -2.00. The maximum Gasteiger partial charge on any atom is 0.243 e. The molecular weight excluding hydrogens is 300 g/mol. The molecule has 0 saturated carbocycles. The molecule has 2 aliphatic rings. The summed E-state index contributed by atoms with van der Waals surface area (Å²) in [5.41, 5.74) is 0. The highest BCUT2D eigenvalue weighted by Gasteiger charge is 2.38. The van der Waals surface area contributed by atoms with Crippen LogP contribution in [0.4, 0.5) is 0 Å². The first kappa shape index (κ1) is 15.9. The number of nitrogens with zero attached hydrogens (tertiary/aromatic N) is 6. The molecule has 0 N–H and O–H groups in total. The third kappa shape index (κ3) is 2.93. The van der Waals surface area contributed by atoms with Crippen molar-refractivity contribution in [1.82, 2.24) is 29.5 Å². The fourth-order valence-corrected chi connectivity index (χ4v) is 3.04. The van der Waals surface area contributed by atoms with Gasteiger partial charge >= 0.3 is 0 Å². The SMILES string of the molecule is COCCN1CN(C(=O)C2Cn3c(C)nnc3CN2C)CC1=O. The van der Waals surface area contributed by atoms with Crippen molar-refractivity contribution in [3.63, 3.8) is 0 Å². The van der Waals surface area contributed by atoms with Crippen molar-refractivity contribution >= 4 is 11.8 Å². The zero-order valence-corrected chi connectivity index (χ0v) is 13.7. The Morgan fingerprint density at radius 2 is 2.13 bits per heavy atom. The number of hydrogen-bond acceptors (Lipinski definition) is 6. The Morgan fingerprint density at radius 3 is 2.87 bits per heavy atom.